The summed E-state index contributed by atoms with van der Waals surface area (Å²) in [4.78, 5) is 12.0. The van der Waals surface area contributed by atoms with Crippen LogP contribution in [0.15, 0.2) is 53.0 Å². The van der Waals surface area contributed by atoms with Crippen molar-refractivity contribution in [3.8, 4) is 10.6 Å². The van der Waals surface area contributed by atoms with Crippen LogP contribution >= 0.6 is 38.9 Å². The van der Waals surface area contributed by atoms with E-state index in [1.165, 1.54) is 11.3 Å². The Morgan fingerprint density at radius 3 is 2.61 bits per heavy atom. The Morgan fingerprint density at radius 1 is 1.09 bits per heavy atom. The van der Waals surface area contributed by atoms with Crippen LogP contribution in [0.25, 0.3) is 10.6 Å². The molecule has 116 valence electrons. The molecule has 0 aliphatic rings. The van der Waals surface area contributed by atoms with Crippen LogP contribution in [0.4, 0.5) is 15.6 Å². The first-order valence-electron chi connectivity index (χ1n) is 6.53. The lowest BCUT2D eigenvalue weighted by atomic mass is 10.2. The lowest BCUT2D eigenvalue weighted by Crippen LogP contribution is -2.19. The maximum Gasteiger partial charge on any atom is 0.325 e. The smallest absolute Gasteiger partial charge is 0.308 e. The number of amides is 2. The molecule has 0 radical (unpaired) electrons. The summed E-state index contributed by atoms with van der Waals surface area (Å²) in [6, 6.07) is 14.2. The Labute approximate surface area is 149 Å². The van der Waals surface area contributed by atoms with E-state index in [2.05, 4.69) is 36.8 Å². The Bertz CT molecular complexity index is 838. The van der Waals surface area contributed by atoms with E-state index in [0.29, 0.717) is 15.8 Å². The third kappa shape index (κ3) is 4.28. The van der Waals surface area contributed by atoms with Gasteiger partial charge >= 0.3 is 6.03 Å². The van der Waals surface area contributed by atoms with Crippen molar-refractivity contribution in [2.45, 2.75) is 0 Å². The van der Waals surface area contributed by atoms with E-state index in [1.54, 1.807) is 24.3 Å². The van der Waals surface area contributed by atoms with Gasteiger partial charge in [0, 0.05) is 20.7 Å². The van der Waals surface area contributed by atoms with Gasteiger partial charge in [0.2, 0.25) is 5.13 Å². The molecule has 0 aliphatic carbocycles. The van der Waals surface area contributed by atoms with Crippen LogP contribution < -0.4 is 10.6 Å². The van der Waals surface area contributed by atoms with Crippen LogP contribution in [0.2, 0.25) is 5.02 Å². The zero-order chi connectivity index (χ0) is 16.2. The summed E-state index contributed by atoms with van der Waals surface area (Å²) < 4.78 is 0.991. The average molecular weight is 410 g/mol. The van der Waals surface area contributed by atoms with Crippen molar-refractivity contribution in [1.82, 2.24) is 10.2 Å². The maximum atomic E-state index is 12.0. The largest absolute Gasteiger partial charge is 0.325 e. The molecule has 0 saturated heterocycles. The van der Waals surface area contributed by atoms with Crippen molar-refractivity contribution in [1.29, 1.82) is 0 Å². The van der Waals surface area contributed by atoms with E-state index in [1.807, 2.05) is 24.3 Å². The Kier molecular flexibility index (Phi) is 4.90. The number of nitrogens with one attached hydrogen (secondary N) is 2. The molecule has 0 aliphatic heterocycles. The second-order valence-electron chi connectivity index (χ2n) is 4.51. The number of rotatable bonds is 3. The fourth-order valence-corrected chi connectivity index (χ4v) is 3.01. The normalized spacial score (nSPS) is 10.3. The molecule has 1 heterocycles. The molecule has 0 saturated carbocycles. The summed E-state index contributed by atoms with van der Waals surface area (Å²) in [5, 5.41) is 15.1. The second-order valence-corrected chi connectivity index (χ2v) is 6.84. The van der Waals surface area contributed by atoms with Crippen LogP contribution in [-0.4, -0.2) is 16.2 Å². The summed E-state index contributed by atoms with van der Waals surface area (Å²) in [6.07, 6.45) is 0. The van der Waals surface area contributed by atoms with Crippen molar-refractivity contribution < 1.29 is 4.79 Å². The summed E-state index contributed by atoms with van der Waals surface area (Å²) in [6.45, 7) is 0. The van der Waals surface area contributed by atoms with Gasteiger partial charge in [0.05, 0.1) is 0 Å². The number of anilines is 2. The molecule has 5 nitrogen and oxygen atoms in total. The number of urea groups is 1. The summed E-state index contributed by atoms with van der Waals surface area (Å²) in [7, 11) is 0. The lowest BCUT2D eigenvalue weighted by molar-refractivity contribution is 0.262. The second kappa shape index (κ2) is 7.08. The summed E-state index contributed by atoms with van der Waals surface area (Å²) >= 11 is 10.6. The highest BCUT2D eigenvalue weighted by Gasteiger charge is 2.10. The minimum absolute atomic E-state index is 0.397. The van der Waals surface area contributed by atoms with Crippen molar-refractivity contribution in [2.75, 3.05) is 10.6 Å². The quantitative estimate of drug-likeness (QED) is 0.619. The van der Waals surface area contributed by atoms with Gasteiger partial charge < -0.3 is 5.32 Å². The first-order valence-corrected chi connectivity index (χ1v) is 8.52. The molecule has 2 N–H and O–H groups in total. The van der Waals surface area contributed by atoms with Crippen molar-refractivity contribution in [3.63, 3.8) is 0 Å². The van der Waals surface area contributed by atoms with Crippen LogP contribution in [0.5, 0.6) is 0 Å². The van der Waals surface area contributed by atoms with Crippen LogP contribution in [0.3, 0.4) is 0 Å². The van der Waals surface area contributed by atoms with E-state index >= 15 is 0 Å². The lowest BCUT2D eigenvalue weighted by Gasteiger charge is -2.04. The predicted molar refractivity (Wildman–Crippen MR) is 97.1 cm³/mol. The molecule has 0 fully saturated rings. The van der Waals surface area contributed by atoms with Gasteiger partial charge in [-0.3, -0.25) is 5.32 Å². The number of benzene rings is 2. The number of aromatic nitrogens is 2. The molecule has 0 atom stereocenters. The van der Waals surface area contributed by atoms with E-state index in [0.717, 1.165) is 15.0 Å². The molecule has 1 aromatic heterocycles. The van der Waals surface area contributed by atoms with Crippen molar-refractivity contribution in [2.24, 2.45) is 0 Å². The highest BCUT2D eigenvalue weighted by molar-refractivity contribution is 9.10. The Hall–Kier alpha value is -1.96. The zero-order valence-electron chi connectivity index (χ0n) is 11.6. The standard InChI is InChI=1S/C15H10BrClN4OS/c16-10-6-4-9(5-7-10)13-20-21-15(23-13)19-14(22)18-12-3-1-2-11(17)8-12/h1-8H,(H2,18,19,21,22). The van der Waals surface area contributed by atoms with Gasteiger partial charge in [0.1, 0.15) is 5.01 Å². The van der Waals surface area contributed by atoms with Gasteiger partial charge in [0.25, 0.3) is 0 Å². The van der Waals surface area contributed by atoms with Crippen LogP contribution in [-0.2, 0) is 0 Å². The summed E-state index contributed by atoms with van der Waals surface area (Å²) in [5.74, 6) is 0. The number of nitrogens with zero attached hydrogens (tertiary/aromatic N) is 2. The number of hydrogen-bond donors (Lipinski definition) is 2. The Morgan fingerprint density at radius 2 is 1.87 bits per heavy atom. The molecule has 2 amide bonds. The highest BCUT2D eigenvalue weighted by atomic mass is 79.9. The maximum absolute atomic E-state index is 12.0. The number of carbonyl (C=O) groups excluding carboxylic acids is 1. The molecule has 2 aromatic carbocycles. The molecule has 0 unspecified atom stereocenters. The number of halogens is 2. The minimum Gasteiger partial charge on any atom is -0.308 e. The molecule has 0 bridgehead atoms. The zero-order valence-corrected chi connectivity index (χ0v) is 14.7. The first kappa shape index (κ1) is 15.9. The van der Waals surface area contributed by atoms with E-state index in [-0.39, 0.29) is 0 Å². The first-order chi connectivity index (χ1) is 11.1. The molecule has 0 spiro atoms. The van der Waals surface area contributed by atoms with Crippen LogP contribution in [0.1, 0.15) is 0 Å². The number of hydrogen-bond acceptors (Lipinski definition) is 4. The minimum atomic E-state index is -0.397. The highest BCUT2D eigenvalue weighted by Crippen LogP contribution is 2.27. The van der Waals surface area contributed by atoms with Gasteiger partial charge in [-0.1, -0.05) is 57.1 Å². The van der Waals surface area contributed by atoms with E-state index in [9.17, 15) is 4.79 Å². The monoisotopic (exact) mass is 408 g/mol. The SMILES string of the molecule is O=C(Nc1cccc(Cl)c1)Nc1nnc(-c2ccc(Br)cc2)s1. The average Bonchev–Trinajstić information content (AvgIpc) is 2.96. The van der Waals surface area contributed by atoms with Gasteiger partial charge in [-0.25, -0.2) is 4.79 Å². The predicted octanol–water partition coefficient (Wildman–Crippen LogP) is 5.27. The molecule has 3 rings (SSSR count). The molecule has 8 heteroatoms. The topological polar surface area (TPSA) is 66.9 Å². The fourth-order valence-electron chi connectivity index (χ4n) is 1.81. The van der Waals surface area contributed by atoms with Gasteiger partial charge in [-0.05, 0) is 30.3 Å². The van der Waals surface area contributed by atoms with Gasteiger partial charge in [-0.15, -0.1) is 10.2 Å². The van der Waals surface area contributed by atoms with E-state index in [4.69, 9.17) is 11.6 Å². The Balaban J connectivity index is 1.66. The van der Waals surface area contributed by atoms with Crippen LogP contribution in [0, 0.1) is 0 Å². The third-order valence-electron chi connectivity index (χ3n) is 2.82. The molecular weight excluding hydrogens is 400 g/mol. The number of carbonyl (C=O) groups is 1. The van der Waals surface area contributed by atoms with Gasteiger partial charge in [0.15, 0.2) is 0 Å². The third-order valence-corrected chi connectivity index (χ3v) is 4.47. The van der Waals surface area contributed by atoms with Crippen molar-refractivity contribution in [3.05, 3.63) is 58.0 Å². The molecule has 23 heavy (non-hydrogen) atoms. The summed E-state index contributed by atoms with van der Waals surface area (Å²) in [5.41, 5.74) is 1.54. The molecule has 3 aromatic rings. The van der Waals surface area contributed by atoms with Gasteiger partial charge in [-0.2, -0.15) is 0 Å². The van der Waals surface area contributed by atoms with Crippen molar-refractivity contribution >= 4 is 55.7 Å². The fraction of sp³-hybridized carbons (Fsp3) is 0. The van der Waals surface area contributed by atoms with E-state index < -0.39 is 6.03 Å². The molecular formula is C15H10BrClN4OS.